The van der Waals surface area contributed by atoms with E-state index in [1.807, 2.05) is 11.4 Å². The van der Waals surface area contributed by atoms with Gasteiger partial charge in [-0.15, -0.1) is 11.3 Å². The molecule has 1 fully saturated rings. The summed E-state index contributed by atoms with van der Waals surface area (Å²) in [7, 11) is 0. The number of urea groups is 1. The Bertz CT molecular complexity index is 673. The second-order valence-electron chi connectivity index (χ2n) is 5.47. The third kappa shape index (κ3) is 3.68. The largest absolute Gasteiger partial charge is 0.386 e. The number of amides is 2. The second kappa shape index (κ2) is 6.64. The summed E-state index contributed by atoms with van der Waals surface area (Å²) in [6.45, 7) is 0.0811. The highest BCUT2D eigenvalue weighted by atomic mass is 32.1. The van der Waals surface area contributed by atoms with Crippen molar-refractivity contribution >= 4 is 17.4 Å². The van der Waals surface area contributed by atoms with E-state index in [-0.39, 0.29) is 24.1 Å². The molecule has 0 unspecified atom stereocenters. The Kier molecular flexibility index (Phi) is 4.58. The van der Waals surface area contributed by atoms with Crippen LogP contribution in [0.1, 0.15) is 28.9 Å². The number of aliphatic hydroxyl groups excluding tert-OH is 1. The fourth-order valence-corrected chi connectivity index (χ4v) is 3.24. The highest BCUT2D eigenvalue weighted by Gasteiger charge is 2.42. The van der Waals surface area contributed by atoms with Crippen molar-refractivity contribution in [3.63, 3.8) is 0 Å². The molecule has 3 N–H and O–H groups in total. The van der Waals surface area contributed by atoms with Gasteiger partial charge in [-0.2, -0.15) is 0 Å². The van der Waals surface area contributed by atoms with E-state index in [1.165, 1.54) is 29.5 Å². The van der Waals surface area contributed by atoms with Crippen LogP contribution in [0, 0.1) is 11.6 Å². The Morgan fingerprint density at radius 1 is 1.30 bits per heavy atom. The van der Waals surface area contributed by atoms with Gasteiger partial charge in [-0.3, -0.25) is 0 Å². The van der Waals surface area contributed by atoms with Crippen LogP contribution >= 0.6 is 11.3 Å². The van der Waals surface area contributed by atoms with Crippen LogP contribution in [-0.4, -0.2) is 23.7 Å². The molecule has 0 saturated heterocycles. The molecule has 1 saturated carbocycles. The van der Waals surface area contributed by atoms with Crippen LogP contribution in [0.15, 0.2) is 35.7 Å². The van der Waals surface area contributed by atoms with Gasteiger partial charge in [0.2, 0.25) is 0 Å². The average Bonchev–Trinajstić information content (AvgIpc) is 3.02. The summed E-state index contributed by atoms with van der Waals surface area (Å²) in [6, 6.07) is 6.60. The first kappa shape index (κ1) is 15.9. The first-order chi connectivity index (χ1) is 11.1. The predicted molar refractivity (Wildman–Crippen MR) is 83.3 cm³/mol. The highest BCUT2D eigenvalue weighted by Crippen LogP contribution is 2.43. The van der Waals surface area contributed by atoms with Crippen molar-refractivity contribution in [1.82, 2.24) is 10.6 Å². The average molecular weight is 338 g/mol. The number of thiophene rings is 1. The van der Waals surface area contributed by atoms with Gasteiger partial charge < -0.3 is 15.7 Å². The Morgan fingerprint density at radius 3 is 2.70 bits per heavy atom. The summed E-state index contributed by atoms with van der Waals surface area (Å²) < 4.78 is 27.3. The van der Waals surface area contributed by atoms with Gasteiger partial charge in [-0.25, -0.2) is 13.6 Å². The van der Waals surface area contributed by atoms with Crippen molar-refractivity contribution in [2.45, 2.75) is 24.5 Å². The maximum Gasteiger partial charge on any atom is 0.315 e. The molecule has 3 rings (SSSR count). The quantitative estimate of drug-likeness (QED) is 0.785. The fourth-order valence-electron chi connectivity index (χ4n) is 2.53. The Hall–Kier alpha value is -1.99. The highest BCUT2D eigenvalue weighted by molar-refractivity contribution is 7.10. The zero-order chi connectivity index (χ0) is 16.4. The van der Waals surface area contributed by atoms with Crippen molar-refractivity contribution in [3.05, 3.63) is 57.8 Å². The zero-order valence-electron chi connectivity index (χ0n) is 12.1. The molecule has 2 amide bonds. The van der Waals surface area contributed by atoms with Gasteiger partial charge in [0.25, 0.3) is 0 Å². The number of rotatable bonds is 5. The van der Waals surface area contributed by atoms with E-state index in [0.29, 0.717) is 6.42 Å². The van der Waals surface area contributed by atoms with Crippen molar-refractivity contribution in [3.8, 4) is 0 Å². The molecule has 23 heavy (non-hydrogen) atoms. The van der Waals surface area contributed by atoms with Crippen LogP contribution in [0.3, 0.4) is 0 Å². The molecular weight excluding hydrogens is 322 g/mol. The summed E-state index contributed by atoms with van der Waals surface area (Å²) in [5, 5.41) is 17.0. The molecule has 0 radical (unpaired) electrons. The van der Waals surface area contributed by atoms with Crippen LogP contribution in [0.5, 0.6) is 0 Å². The fraction of sp³-hybridized carbons (Fsp3) is 0.312. The minimum absolute atomic E-state index is 0.0245. The van der Waals surface area contributed by atoms with Crippen LogP contribution in [0.4, 0.5) is 13.6 Å². The lowest BCUT2D eigenvalue weighted by Gasteiger charge is -2.11. The molecule has 0 aliphatic heterocycles. The topological polar surface area (TPSA) is 61.4 Å². The lowest BCUT2D eigenvalue weighted by Crippen LogP contribution is -2.39. The van der Waals surface area contributed by atoms with E-state index < -0.39 is 23.8 Å². The summed E-state index contributed by atoms with van der Waals surface area (Å²) in [6.07, 6.45) is -0.265. The van der Waals surface area contributed by atoms with Crippen LogP contribution in [-0.2, 0) is 0 Å². The van der Waals surface area contributed by atoms with E-state index in [9.17, 15) is 18.7 Å². The molecule has 1 heterocycles. The van der Waals surface area contributed by atoms with Gasteiger partial charge in [0.15, 0.2) is 0 Å². The van der Waals surface area contributed by atoms with Crippen LogP contribution in [0.25, 0.3) is 0 Å². The molecule has 7 heteroatoms. The van der Waals surface area contributed by atoms with Gasteiger partial charge in [-0.05, 0) is 30.0 Å². The van der Waals surface area contributed by atoms with E-state index in [0.717, 1.165) is 4.88 Å². The molecule has 2 aromatic rings. The smallest absolute Gasteiger partial charge is 0.315 e. The molecule has 1 aromatic heterocycles. The Labute approximate surface area is 136 Å². The number of aliphatic hydroxyl groups is 1. The molecule has 4 nitrogen and oxygen atoms in total. The summed E-state index contributed by atoms with van der Waals surface area (Å²) in [4.78, 5) is 12.6. The number of carbonyl (C=O) groups is 1. The number of carbonyl (C=O) groups excluding carboxylic acids is 1. The standard InChI is InChI=1S/C16H16F2N2O2S/c17-10-3-1-4-11(18)15(10)9-7-12(9)20-16(22)19-8-13(21)14-5-2-6-23-14/h1-6,9,12-13,21H,7-8H2,(H2,19,20,22)/t9-,12-,13+/m1/s1. The maximum atomic E-state index is 13.7. The summed E-state index contributed by atoms with van der Waals surface area (Å²) in [5.74, 6) is -1.52. The van der Waals surface area contributed by atoms with Gasteiger partial charge in [0, 0.05) is 22.4 Å². The maximum absolute atomic E-state index is 13.7. The molecule has 3 atom stereocenters. The van der Waals surface area contributed by atoms with Gasteiger partial charge in [0.05, 0.1) is 6.54 Å². The van der Waals surface area contributed by atoms with E-state index in [1.54, 1.807) is 6.07 Å². The monoisotopic (exact) mass is 338 g/mol. The van der Waals surface area contributed by atoms with Crippen molar-refractivity contribution in [2.24, 2.45) is 0 Å². The number of hydrogen-bond acceptors (Lipinski definition) is 3. The lowest BCUT2D eigenvalue weighted by atomic mass is 10.1. The van der Waals surface area contributed by atoms with Crippen molar-refractivity contribution < 1.29 is 18.7 Å². The minimum atomic E-state index is -0.764. The van der Waals surface area contributed by atoms with Crippen molar-refractivity contribution in [1.29, 1.82) is 0 Å². The molecule has 1 aliphatic carbocycles. The van der Waals surface area contributed by atoms with Gasteiger partial charge in [0.1, 0.15) is 17.7 Å². The van der Waals surface area contributed by atoms with Crippen molar-refractivity contribution in [2.75, 3.05) is 6.54 Å². The molecule has 1 aliphatic rings. The van der Waals surface area contributed by atoms with Crippen LogP contribution < -0.4 is 10.6 Å². The molecular formula is C16H16F2N2O2S. The second-order valence-corrected chi connectivity index (χ2v) is 6.45. The molecule has 122 valence electrons. The third-order valence-electron chi connectivity index (χ3n) is 3.81. The lowest BCUT2D eigenvalue weighted by molar-refractivity contribution is 0.176. The third-order valence-corrected chi connectivity index (χ3v) is 4.78. The van der Waals surface area contributed by atoms with Gasteiger partial charge >= 0.3 is 6.03 Å². The number of halogens is 2. The van der Waals surface area contributed by atoms with Gasteiger partial charge in [-0.1, -0.05) is 12.1 Å². The molecule has 0 bridgehead atoms. The minimum Gasteiger partial charge on any atom is -0.386 e. The normalized spacial score (nSPS) is 20.8. The number of benzene rings is 1. The summed E-state index contributed by atoms with van der Waals surface area (Å²) in [5.41, 5.74) is 0.0245. The number of nitrogens with one attached hydrogen (secondary N) is 2. The Morgan fingerprint density at radius 2 is 2.04 bits per heavy atom. The first-order valence-corrected chi connectivity index (χ1v) is 8.14. The first-order valence-electron chi connectivity index (χ1n) is 7.26. The number of hydrogen-bond donors (Lipinski definition) is 3. The predicted octanol–water partition coefficient (Wildman–Crippen LogP) is 2.92. The summed E-state index contributed by atoms with van der Waals surface area (Å²) >= 11 is 1.40. The molecule has 0 spiro atoms. The SMILES string of the molecule is O=C(NC[C@H](O)c1cccs1)N[C@@H]1C[C@H]1c1c(F)cccc1F. The van der Waals surface area contributed by atoms with E-state index in [2.05, 4.69) is 10.6 Å². The Balaban J connectivity index is 1.49. The zero-order valence-corrected chi connectivity index (χ0v) is 12.9. The van der Waals surface area contributed by atoms with E-state index >= 15 is 0 Å². The van der Waals surface area contributed by atoms with Crippen LogP contribution in [0.2, 0.25) is 0 Å². The molecule has 1 aromatic carbocycles. The van der Waals surface area contributed by atoms with E-state index in [4.69, 9.17) is 0 Å².